The molecule has 0 heterocycles. The van der Waals surface area contributed by atoms with Crippen LogP contribution < -0.4 is 16.0 Å². The average molecular weight is 430 g/mol. The molecule has 0 rings (SSSR count). The van der Waals surface area contributed by atoms with Crippen molar-refractivity contribution < 1.29 is 14.3 Å². The standard InChI is InChI=1S/C14H30N4O3.HI/c1-11(10-20-6)18-12(15-5)16-8-7-9-17-13(19)21-14(2,3)4;/h11H,7-10H2,1-6H3,(H,17,19)(H2,15,16,18);1H. The molecule has 1 amide bonds. The molecule has 3 N–H and O–H groups in total. The first-order chi connectivity index (χ1) is 9.78. The Balaban J connectivity index is 0. The molecule has 7 nitrogen and oxygen atoms in total. The Morgan fingerprint density at radius 3 is 2.32 bits per heavy atom. The molecule has 1 unspecified atom stereocenters. The number of carbonyl (C=O) groups is 1. The molecule has 8 heteroatoms. The fourth-order valence-electron chi connectivity index (χ4n) is 1.52. The smallest absolute Gasteiger partial charge is 0.407 e. The first kappa shape index (κ1) is 23.5. The van der Waals surface area contributed by atoms with Crippen LogP contribution in [0.1, 0.15) is 34.1 Å². The van der Waals surface area contributed by atoms with Crippen LogP contribution in [0, 0.1) is 0 Å². The number of guanidine groups is 1. The zero-order chi connectivity index (χ0) is 16.3. The minimum Gasteiger partial charge on any atom is -0.444 e. The molecule has 0 aliphatic rings. The fourth-order valence-corrected chi connectivity index (χ4v) is 1.52. The van der Waals surface area contributed by atoms with E-state index < -0.39 is 11.7 Å². The predicted molar refractivity (Wildman–Crippen MR) is 100 cm³/mol. The average Bonchev–Trinajstić information content (AvgIpc) is 2.35. The number of aliphatic imine (C=N–C) groups is 1. The topological polar surface area (TPSA) is 84.0 Å². The summed E-state index contributed by atoms with van der Waals surface area (Å²) in [5, 5.41) is 9.08. The van der Waals surface area contributed by atoms with Crippen LogP contribution in [0.2, 0.25) is 0 Å². The summed E-state index contributed by atoms with van der Waals surface area (Å²) in [6.45, 7) is 9.39. The highest BCUT2D eigenvalue weighted by Gasteiger charge is 2.15. The molecule has 1 atom stereocenters. The van der Waals surface area contributed by atoms with Gasteiger partial charge in [-0.15, -0.1) is 24.0 Å². The molecule has 0 aliphatic heterocycles. The van der Waals surface area contributed by atoms with E-state index in [1.165, 1.54) is 0 Å². The number of methoxy groups -OCH3 is 1. The van der Waals surface area contributed by atoms with Crippen LogP contribution in [0.15, 0.2) is 4.99 Å². The van der Waals surface area contributed by atoms with Gasteiger partial charge in [-0.05, 0) is 34.1 Å². The lowest BCUT2D eigenvalue weighted by molar-refractivity contribution is 0.0527. The van der Waals surface area contributed by atoms with Crippen molar-refractivity contribution in [3.05, 3.63) is 0 Å². The normalized spacial score (nSPS) is 12.9. The lowest BCUT2D eigenvalue weighted by Gasteiger charge is -2.20. The van der Waals surface area contributed by atoms with Gasteiger partial charge in [0, 0.05) is 33.3 Å². The fraction of sp³-hybridized carbons (Fsp3) is 0.857. The summed E-state index contributed by atoms with van der Waals surface area (Å²) in [7, 11) is 3.38. The van der Waals surface area contributed by atoms with Crippen molar-refractivity contribution in [2.45, 2.75) is 45.8 Å². The molecule has 0 aliphatic carbocycles. The second-order valence-corrected chi connectivity index (χ2v) is 5.78. The van der Waals surface area contributed by atoms with Gasteiger partial charge in [0.2, 0.25) is 0 Å². The van der Waals surface area contributed by atoms with Crippen LogP contribution >= 0.6 is 24.0 Å². The van der Waals surface area contributed by atoms with Gasteiger partial charge >= 0.3 is 6.09 Å². The highest BCUT2D eigenvalue weighted by atomic mass is 127. The van der Waals surface area contributed by atoms with Crippen LogP contribution in [0.3, 0.4) is 0 Å². The Bertz CT molecular complexity index is 333. The van der Waals surface area contributed by atoms with E-state index in [4.69, 9.17) is 9.47 Å². The Morgan fingerprint density at radius 2 is 1.82 bits per heavy atom. The Kier molecular flexibility index (Phi) is 13.6. The van der Waals surface area contributed by atoms with Gasteiger partial charge in [-0.25, -0.2) is 4.79 Å². The molecule has 0 fully saturated rings. The Hall–Kier alpha value is -0.770. The van der Waals surface area contributed by atoms with Crippen LogP contribution in [0.5, 0.6) is 0 Å². The number of hydrogen-bond donors (Lipinski definition) is 3. The molecule has 0 saturated heterocycles. The number of ether oxygens (including phenoxy) is 2. The number of halogens is 1. The van der Waals surface area contributed by atoms with Gasteiger partial charge in [0.1, 0.15) is 5.60 Å². The summed E-state index contributed by atoms with van der Waals surface area (Å²) in [4.78, 5) is 15.5. The van der Waals surface area contributed by atoms with E-state index in [1.54, 1.807) is 14.2 Å². The minimum atomic E-state index is -0.466. The number of hydrogen-bond acceptors (Lipinski definition) is 4. The highest BCUT2D eigenvalue weighted by Crippen LogP contribution is 2.06. The number of nitrogens with one attached hydrogen (secondary N) is 3. The van der Waals surface area contributed by atoms with E-state index in [1.807, 2.05) is 27.7 Å². The lowest BCUT2D eigenvalue weighted by atomic mass is 10.2. The maximum Gasteiger partial charge on any atom is 0.407 e. The summed E-state index contributed by atoms with van der Waals surface area (Å²) < 4.78 is 10.2. The number of alkyl carbamates (subject to hydrolysis) is 1. The van der Waals surface area contributed by atoms with Crippen LogP contribution in [-0.4, -0.2) is 57.5 Å². The molecule has 22 heavy (non-hydrogen) atoms. The number of nitrogens with zero attached hydrogens (tertiary/aromatic N) is 1. The summed E-state index contributed by atoms with van der Waals surface area (Å²) in [5.74, 6) is 0.719. The zero-order valence-electron chi connectivity index (χ0n) is 14.5. The second-order valence-electron chi connectivity index (χ2n) is 5.78. The van der Waals surface area contributed by atoms with Gasteiger partial charge in [0.25, 0.3) is 0 Å². The van der Waals surface area contributed by atoms with E-state index in [0.29, 0.717) is 19.7 Å². The molecule has 0 spiro atoms. The van der Waals surface area contributed by atoms with Gasteiger partial charge in [-0.1, -0.05) is 0 Å². The Labute approximate surface area is 151 Å². The Morgan fingerprint density at radius 1 is 1.23 bits per heavy atom. The monoisotopic (exact) mass is 430 g/mol. The first-order valence-electron chi connectivity index (χ1n) is 7.21. The molecule has 0 aromatic rings. The molecule has 0 aromatic carbocycles. The summed E-state index contributed by atoms with van der Waals surface area (Å²) in [6, 6.07) is 0.182. The van der Waals surface area contributed by atoms with Crippen molar-refractivity contribution in [3.8, 4) is 0 Å². The van der Waals surface area contributed by atoms with Gasteiger partial charge in [-0.3, -0.25) is 4.99 Å². The molecule has 132 valence electrons. The summed E-state index contributed by atoms with van der Waals surface area (Å²) in [6.07, 6.45) is 0.386. The SMILES string of the molecule is CN=C(NCCCNC(=O)OC(C)(C)C)NC(C)COC.I. The van der Waals surface area contributed by atoms with Crippen molar-refractivity contribution in [1.29, 1.82) is 0 Å². The maximum absolute atomic E-state index is 11.4. The largest absolute Gasteiger partial charge is 0.444 e. The van der Waals surface area contributed by atoms with Crippen LogP contribution in [0.25, 0.3) is 0 Å². The van der Waals surface area contributed by atoms with Gasteiger partial charge in [0.15, 0.2) is 5.96 Å². The zero-order valence-corrected chi connectivity index (χ0v) is 16.8. The summed E-state index contributed by atoms with van der Waals surface area (Å²) in [5.41, 5.74) is -0.466. The van der Waals surface area contributed by atoms with Crippen molar-refractivity contribution in [1.82, 2.24) is 16.0 Å². The van der Waals surface area contributed by atoms with Crippen LogP contribution in [-0.2, 0) is 9.47 Å². The van der Waals surface area contributed by atoms with E-state index in [-0.39, 0.29) is 30.0 Å². The third-order valence-electron chi connectivity index (χ3n) is 2.34. The third-order valence-corrected chi connectivity index (χ3v) is 2.34. The maximum atomic E-state index is 11.4. The minimum absolute atomic E-state index is 0. The van der Waals surface area contributed by atoms with Crippen LogP contribution in [0.4, 0.5) is 4.79 Å². The van der Waals surface area contributed by atoms with Gasteiger partial charge < -0.3 is 25.4 Å². The predicted octanol–water partition coefficient (Wildman–Crippen LogP) is 1.72. The molecular weight excluding hydrogens is 399 g/mol. The first-order valence-corrected chi connectivity index (χ1v) is 7.21. The highest BCUT2D eigenvalue weighted by molar-refractivity contribution is 14.0. The molecular formula is C14H31IN4O3. The summed E-state index contributed by atoms with van der Waals surface area (Å²) >= 11 is 0. The van der Waals surface area contributed by atoms with Gasteiger partial charge in [-0.2, -0.15) is 0 Å². The van der Waals surface area contributed by atoms with Gasteiger partial charge in [0.05, 0.1) is 6.61 Å². The number of carbonyl (C=O) groups excluding carboxylic acids is 1. The van der Waals surface area contributed by atoms with Crippen molar-refractivity contribution in [2.75, 3.05) is 33.9 Å². The molecule has 0 radical (unpaired) electrons. The van der Waals surface area contributed by atoms with Crippen molar-refractivity contribution >= 4 is 36.0 Å². The van der Waals surface area contributed by atoms with E-state index in [9.17, 15) is 4.79 Å². The quantitative estimate of drug-likeness (QED) is 0.248. The van der Waals surface area contributed by atoms with Crippen molar-refractivity contribution in [3.63, 3.8) is 0 Å². The van der Waals surface area contributed by atoms with E-state index >= 15 is 0 Å². The second kappa shape index (κ2) is 12.7. The van der Waals surface area contributed by atoms with Crippen molar-refractivity contribution in [2.24, 2.45) is 4.99 Å². The van der Waals surface area contributed by atoms with E-state index in [2.05, 4.69) is 20.9 Å². The van der Waals surface area contributed by atoms with E-state index in [0.717, 1.165) is 12.4 Å². The molecule has 0 saturated carbocycles. The number of rotatable bonds is 7. The molecule has 0 aromatic heterocycles. The molecule has 0 bridgehead atoms. The third kappa shape index (κ3) is 14.2. The lowest BCUT2D eigenvalue weighted by Crippen LogP contribution is -2.44. The number of amides is 1.